The third kappa shape index (κ3) is 7.26. The Morgan fingerprint density at radius 2 is 1.91 bits per heavy atom. The van der Waals surface area contributed by atoms with Crippen LogP contribution in [0.5, 0.6) is 0 Å². The fraction of sp³-hybridized carbons (Fsp3) is 0.667. The van der Waals surface area contributed by atoms with Crippen molar-refractivity contribution in [2.24, 2.45) is 4.99 Å². The molecule has 2 heteroatoms. The minimum atomic E-state index is 0.175. The van der Waals surface area contributed by atoms with Gasteiger partial charge in [-0.1, -0.05) is 6.08 Å². The lowest BCUT2D eigenvalue weighted by Crippen LogP contribution is -1.98. The highest BCUT2D eigenvalue weighted by Crippen LogP contribution is 1.88. The van der Waals surface area contributed by atoms with Gasteiger partial charge in [0.05, 0.1) is 6.10 Å². The zero-order chi connectivity index (χ0) is 8.69. The summed E-state index contributed by atoms with van der Waals surface area (Å²) in [6, 6.07) is 0.373. The van der Waals surface area contributed by atoms with Crippen molar-refractivity contribution in [2.75, 3.05) is 7.11 Å². The minimum absolute atomic E-state index is 0.175. The summed E-state index contributed by atoms with van der Waals surface area (Å²) in [5.41, 5.74) is 0. The van der Waals surface area contributed by atoms with Gasteiger partial charge in [0.15, 0.2) is 0 Å². The van der Waals surface area contributed by atoms with Crippen molar-refractivity contribution in [3.63, 3.8) is 0 Å². The molecule has 0 aromatic heterocycles. The van der Waals surface area contributed by atoms with Crippen LogP contribution in [0.3, 0.4) is 0 Å². The Morgan fingerprint density at radius 1 is 1.27 bits per heavy atom. The minimum Gasteiger partial charge on any atom is -0.378 e. The van der Waals surface area contributed by atoms with Crippen LogP contribution in [0, 0.1) is 0 Å². The SMILES string of the molecule is COC(C)/C=C/C=N\C(C)C. The molecule has 0 aliphatic heterocycles. The van der Waals surface area contributed by atoms with E-state index in [2.05, 4.69) is 4.99 Å². The molecular weight excluding hydrogens is 138 g/mol. The molecule has 0 amide bonds. The summed E-state index contributed by atoms with van der Waals surface area (Å²) in [6.07, 6.45) is 5.86. The van der Waals surface area contributed by atoms with Crippen LogP contribution in [0.25, 0.3) is 0 Å². The predicted octanol–water partition coefficient (Wildman–Crippen LogP) is 2.06. The largest absolute Gasteiger partial charge is 0.378 e. The van der Waals surface area contributed by atoms with Crippen LogP contribution in [0.1, 0.15) is 20.8 Å². The Bertz CT molecular complexity index is 138. The van der Waals surface area contributed by atoms with Crippen LogP contribution in [0.2, 0.25) is 0 Å². The Hall–Kier alpha value is -0.630. The molecule has 0 bridgehead atoms. The molecule has 2 nitrogen and oxygen atoms in total. The van der Waals surface area contributed by atoms with Gasteiger partial charge in [-0.05, 0) is 26.8 Å². The van der Waals surface area contributed by atoms with Gasteiger partial charge in [-0.3, -0.25) is 4.99 Å². The van der Waals surface area contributed by atoms with Gasteiger partial charge in [0.25, 0.3) is 0 Å². The molecule has 0 heterocycles. The zero-order valence-corrected chi connectivity index (χ0v) is 7.74. The van der Waals surface area contributed by atoms with Crippen LogP contribution in [-0.2, 0) is 4.74 Å². The Labute approximate surface area is 69.0 Å². The fourth-order valence-corrected chi connectivity index (χ4v) is 0.507. The van der Waals surface area contributed by atoms with Crippen molar-refractivity contribution in [1.29, 1.82) is 0 Å². The van der Waals surface area contributed by atoms with E-state index in [0.717, 1.165) is 0 Å². The van der Waals surface area contributed by atoms with Crippen LogP contribution >= 0.6 is 0 Å². The summed E-state index contributed by atoms with van der Waals surface area (Å²) in [5.74, 6) is 0. The van der Waals surface area contributed by atoms with E-state index >= 15 is 0 Å². The maximum atomic E-state index is 5.01. The molecule has 0 saturated heterocycles. The molecular formula is C9H17NO. The fourth-order valence-electron chi connectivity index (χ4n) is 0.507. The maximum absolute atomic E-state index is 5.01. The highest BCUT2D eigenvalue weighted by atomic mass is 16.5. The van der Waals surface area contributed by atoms with Gasteiger partial charge in [-0.25, -0.2) is 0 Å². The van der Waals surface area contributed by atoms with Crippen molar-refractivity contribution in [3.8, 4) is 0 Å². The second-order valence-corrected chi connectivity index (χ2v) is 2.72. The lowest BCUT2D eigenvalue weighted by Gasteiger charge is -1.99. The van der Waals surface area contributed by atoms with E-state index in [1.54, 1.807) is 13.3 Å². The molecule has 0 fully saturated rings. The van der Waals surface area contributed by atoms with Crippen LogP contribution in [0.4, 0.5) is 0 Å². The number of allylic oxidation sites excluding steroid dienone is 1. The molecule has 0 radical (unpaired) electrons. The maximum Gasteiger partial charge on any atom is 0.0727 e. The molecule has 64 valence electrons. The topological polar surface area (TPSA) is 21.6 Å². The number of nitrogens with zero attached hydrogens (tertiary/aromatic N) is 1. The number of methoxy groups -OCH3 is 1. The van der Waals surface area contributed by atoms with E-state index < -0.39 is 0 Å². The molecule has 0 aliphatic rings. The summed E-state index contributed by atoms with van der Waals surface area (Å²) in [6.45, 7) is 6.08. The number of rotatable bonds is 4. The average Bonchev–Trinajstić information content (AvgIpc) is 1.97. The van der Waals surface area contributed by atoms with E-state index in [1.165, 1.54) is 0 Å². The van der Waals surface area contributed by atoms with E-state index in [1.807, 2.05) is 32.9 Å². The molecule has 0 N–H and O–H groups in total. The van der Waals surface area contributed by atoms with Crippen molar-refractivity contribution in [3.05, 3.63) is 12.2 Å². The lowest BCUT2D eigenvalue weighted by molar-refractivity contribution is 0.156. The summed E-state index contributed by atoms with van der Waals surface area (Å²) < 4.78 is 5.01. The predicted molar refractivity (Wildman–Crippen MR) is 49.2 cm³/mol. The summed E-state index contributed by atoms with van der Waals surface area (Å²) >= 11 is 0. The molecule has 0 spiro atoms. The Kier molecular flexibility index (Phi) is 5.75. The van der Waals surface area contributed by atoms with Gasteiger partial charge < -0.3 is 4.74 Å². The molecule has 1 atom stereocenters. The molecule has 0 aromatic carbocycles. The first-order valence-corrected chi connectivity index (χ1v) is 3.89. The second-order valence-electron chi connectivity index (χ2n) is 2.72. The highest BCUT2D eigenvalue weighted by Gasteiger charge is 1.87. The molecule has 1 unspecified atom stereocenters. The van der Waals surface area contributed by atoms with Gasteiger partial charge in [0.2, 0.25) is 0 Å². The quantitative estimate of drug-likeness (QED) is 0.569. The Morgan fingerprint density at radius 3 is 2.36 bits per heavy atom. The average molecular weight is 155 g/mol. The third-order valence-corrected chi connectivity index (χ3v) is 1.22. The number of ether oxygens (including phenoxy) is 1. The van der Waals surface area contributed by atoms with Crippen molar-refractivity contribution in [1.82, 2.24) is 0 Å². The number of aliphatic imine (C=N–C) groups is 1. The molecule has 0 rings (SSSR count). The molecule has 0 aliphatic carbocycles. The van der Waals surface area contributed by atoms with Gasteiger partial charge in [-0.15, -0.1) is 0 Å². The van der Waals surface area contributed by atoms with E-state index in [-0.39, 0.29) is 6.10 Å². The van der Waals surface area contributed by atoms with Gasteiger partial charge >= 0.3 is 0 Å². The van der Waals surface area contributed by atoms with Gasteiger partial charge in [-0.2, -0.15) is 0 Å². The second kappa shape index (κ2) is 6.10. The first kappa shape index (κ1) is 10.4. The zero-order valence-electron chi connectivity index (χ0n) is 7.74. The molecule has 11 heavy (non-hydrogen) atoms. The van der Waals surface area contributed by atoms with Gasteiger partial charge in [0, 0.05) is 19.4 Å². The van der Waals surface area contributed by atoms with Crippen molar-refractivity contribution in [2.45, 2.75) is 32.9 Å². The van der Waals surface area contributed by atoms with Crippen LogP contribution in [0.15, 0.2) is 17.1 Å². The van der Waals surface area contributed by atoms with Crippen LogP contribution < -0.4 is 0 Å². The van der Waals surface area contributed by atoms with E-state index in [0.29, 0.717) is 6.04 Å². The van der Waals surface area contributed by atoms with Crippen LogP contribution in [-0.4, -0.2) is 25.5 Å². The normalized spacial score (nSPS) is 15.4. The van der Waals surface area contributed by atoms with Gasteiger partial charge in [0.1, 0.15) is 0 Å². The van der Waals surface area contributed by atoms with E-state index in [9.17, 15) is 0 Å². The number of hydrogen-bond donors (Lipinski definition) is 0. The Balaban J connectivity index is 3.59. The summed E-state index contributed by atoms with van der Waals surface area (Å²) in [7, 11) is 1.69. The smallest absolute Gasteiger partial charge is 0.0727 e. The lowest BCUT2D eigenvalue weighted by atomic mass is 10.3. The summed E-state index contributed by atoms with van der Waals surface area (Å²) in [5, 5.41) is 0. The van der Waals surface area contributed by atoms with E-state index in [4.69, 9.17) is 4.74 Å². The highest BCUT2D eigenvalue weighted by molar-refractivity contribution is 5.71. The first-order valence-electron chi connectivity index (χ1n) is 3.89. The number of hydrogen-bond acceptors (Lipinski definition) is 2. The van der Waals surface area contributed by atoms with Crippen molar-refractivity contribution < 1.29 is 4.74 Å². The van der Waals surface area contributed by atoms with Crippen molar-refractivity contribution >= 4 is 6.21 Å². The molecule has 0 aromatic rings. The standard InChI is InChI=1S/C9H17NO/c1-8(2)10-7-5-6-9(3)11-4/h5-9H,1-4H3/b6-5+,10-7-. The third-order valence-electron chi connectivity index (χ3n) is 1.22. The first-order chi connectivity index (χ1) is 5.16. The summed E-state index contributed by atoms with van der Waals surface area (Å²) in [4.78, 5) is 4.16. The monoisotopic (exact) mass is 155 g/mol. The molecule has 0 saturated carbocycles.